The quantitative estimate of drug-likeness (QED) is 0.332. The molecule has 3 aromatic carbocycles. The molecule has 0 saturated carbocycles. The third kappa shape index (κ3) is 4.12. The van der Waals surface area contributed by atoms with Crippen molar-refractivity contribution in [3.8, 4) is 34.5 Å². The van der Waals surface area contributed by atoms with Crippen molar-refractivity contribution in [2.24, 2.45) is 0 Å². The second-order valence-corrected chi connectivity index (χ2v) is 9.90. The zero-order chi connectivity index (χ0) is 26.6. The predicted molar refractivity (Wildman–Crippen MR) is 134 cm³/mol. The van der Waals surface area contributed by atoms with Gasteiger partial charge in [-0.15, -0.1) is 0 Å². The van der Waals surface area contributed by atoms with Crippen LogP contribution in [0.2, 0.25) is 0 Å². The molecule has 0 spiro atoms. The number of ketones is 1. The Morgan fingerprint density at radius 2 is 1.70 bits per heavy atom. The van der Waals surface area contributed by atoms with Crippen molar-refractivity contribution in [1.82, 2.24) is 0 Å². The Bertz CT molecular complexity index is 1440. The van der Waals surface area contributed by atoms with E-state index in [1.54, 1.807) is 26.0 Å². The first-order valence-corrected chi connectivity index (χ1v) is 12.1. The number of hydrogen-bond acceptors (Lipinski definition) is 8. The van der Waals surface area contributed by atoms with Crippen LogP contribution in [-0.4, -0.2) is 32.7 Å². The normalized spacial score (nSPS) is 20.3. The number of phenols is 3. The van der Waals surface area contributed by atoms with Crippen molar-refractivity contribution in [2.45, 2.75) is 58.7 Å². The number of Topliss-reactive ketones (excluding diaryl/α,β-unsaturated/α-hetero) is 1. The van der Waals surface area contributed by atoms with Crippen LogP contribution in [0.1, 0.15) is 64.0 Å². The number of phenolic OH excluding ortho intramolecular Hbond substituents is 3. The van der Waals surface area contributed by atoms with Crippen molar-refractivity contribution in [2.75, 3.05) is 0 Å². The molecular weight excluding hydrogens is 476 g/mol. The fourth-order valence-electron chi connectivity index (χ4n) is 4.96. The molecule has 2 atom stereocenters. The Balaban J connectivity index is 1.44. The number of fused-ring (bicyclic) bond motifs is 2. The van der Waals surface area contributed by atoms with Gasteiger partial charge < -0.3 is 29.5 Å². The molecule has 192 valence electrons. The van der Waals surface area contributed by atoms with E-state index in [1.807, 2.05) is 13.8 Å². The van der Waals surface area contributed by atoms with E-state index in [2.05, 4.69) is 0 Å². The summed E-state index contributed by atoms with van der Waals surface area (Å²) in [5.41, 5.74) is 2.42. The minimum absolute atomic E-state index is 0.00448. The topological polar surface area (TPSA) is 123 Å². The van der Waals surface area contributed by atoms with Gasteiger partial charge >= 0.3 is 5.97 Å². The summed E-state index contributed by atoms with van der Waals surface area (Å²) in [4.78, 5) is 26.6. The van der Waals surface area contributed by atoms with Crippen molar-refractivity contribution >= 4 is 11.8 Å². The van der Waals surface area contributed by atoms with Crippen LogP contribution in [-0.2, 0) is 11.2 Å². The predicted octanol–water partition coefficient (Wildman–Crippen LogP) is 5.12. The molecular formula is C29H28O8. The number of hydrogen-bond donors (Lipinski definition) is 3. The minimum Gasteiger partial charge on any atom is -0.508 e. The molecule has 0 aliphatic carbocycles. The first-order chi connectivity index (χ1) is 17.5. The molecule has 37 heavy (non-hydrogen) atoms. The lowest BCUT2D eigenvalue weighted by Gasteiger charge is -2.36. The molecule has 0 fully saturated rings. The Kier molecular flexibility index (Phi) is 5.78. The second kappa shape index (κ2) is 8.73. The summed E-state index contributed by atoms with van der Waals surface area (Å²) < 4.78 is 17.9. The maximum atomic E-state index is 13.4. The first kappa shape index (κ1) is 24.5. The van der Waals surface area contributed by atoms with Crippen LogP contribution < -0.4 is 14.2 Å². The zero-order valence-corrected chi connectivity index (χ0v) is 21.0. The van der Waals surface area contributed by atoms with Crippen LogP contribution >= 0.6 is 0 Å². The molecule has 0 aromatic heterocycles. The number of aromatic hydroxyl groups is 3. The fraction of sp³-hybridized carbons (Fsp3) is 0.310. The van der Waals surface area contributed by atoms with Crippen molar-refractivity contribution in [3.05, 3.63) is 69.8 Å². The molecule has 0 saturated heterocycles. The van der Waals surface area contributed by atoms with Gasteiger partial charge in [0.25, 0.3) is 0 Å². The van der Waals surface area contributed by atoms with E-state index >= 15 is 0 Å². The largest absolute Gasteiger partial charge is 0.508 e. The molecule has 0 bridgehead atoms. The summed E-state index contributed by atoms with van der Waals surface area (Å²) in [5.74, 6) is -0.361. The van der Waals surface area contributed by atoms with Gasteiger partial charge in [-0.2, -0.15) is 0 Å². The summed E-state index contributed by atoms with van der Waals surface area (Å²) in [6.45, 7) is 7.07. The maximum Gasteiger partial charge on any atom is 0.355 e. The van der Waals surface area contributed by atoms with Crippen molar-refractivity contribution < 1.29 is 39.1 Å². The van der Waals surface area contributed by atoms with Gasteiger partial charge in [0.2, 0.25) is 5.60 Å². The van der Waals surface area contributed by atoms with Gasteiger partial charge in [0, 0.05) is 24.1 Å². The highest BCUT2D eigenvalue weighted by atomic mass is 16.6. The summed E-state index contributed by atoms with van der Waals surface area (Å²) in [7, 11) is 0. The van der Waals surface area contributed by atoms with Gasteiger partial charge in [0.1, 0.15) is 46.2 Å². The molecule has 3 aromatic rings. The van der Waals surface area contributed by atoms with Gasteiger partial charge in [-0.25, -0.2) is 4.79 Å². The number of rotatable bonds is 3. The number of ether oxygens (including phenoxy) is 3. The van der Waals surface area contributed by atoms with Gasteiger partial charge in [0.15, 0.2) is 5.78 Å². The second-order valence-electron chi connectivity index (χ2n) is 9.90. The summed E-state index contributed by atoms with van der Waals surface area (Å²) in [5, 5.41) is 30.3. The molecule has 8 heteroatoms. The summed E-state index contributed by atoms with van der Waals surface area (Å²) in [6.07, 6.45) is 0.175. The standard InChI is InChI=1S/C29H28O8/c1-14-15(2)27-20(16(3)26(14)33)9-10-29(4,37-27)28(34)36-24-12-19(31)11-23-25(24)21(32)13-22(35-23)17-5-7-18(30)8-6-17/h5-8,11-12,22,30-31,33H,9-10,13H2,1-4H3. The molecule has 2 heterocycles. The number of carbonyl (C=O) groups excluding carboxylic acids is 2. The Hall–Kier alpha value is -4.20. The molecule has 2 aliphatic rings. The van der Waals surface area contributed by atoms with Crippen molar-refractivity contribution in [3.63, 3.8) is 0 Å². The van der Waals surface area contributed by atoms with Crippen LogP contribution in [0, 0.1) is 20.8 Å². The Labute approximate surface area is 214 Å². The van der Waals surface area contributed by atoms with Crippen molar-refractivity contribution in [1.29, 1.82) is 0 Å². The van der Waals surface area contributed by atoms with Crippen LogP contribution in [0.4, 0.5) is 0 Å². The van der Waals surface area contributed by atoms with Crippen LogP contribution in [0.5, 0.6) is 34.5 Å². The van der Waals surface area contributed by atoms with Crippen LogP contribution in [0.15, 0.2) is 36.4 Å². The smallest absolute Gasteiger partial charge is 0.355 e. The van der Waals surface area contributed by atoms with Gasteiger partial charge in [-0.1, -0.05) is 12.1 Å². The van der Waals surface area contributed by atoms with Crippen LogP contribution in [0.3, 0.4) is 0 Å². The lowest BCUT2D eigenvalue weighted by molar-refractivity contribution is -0.152. The van der Waals surface area contributed by atoms with Crippen LogP contribution in [0.25, 0.3) is 0 Å². The number of esters is 1. The number of carbonyl (C=O) groups is 2. The number of benzene rings is 3. The molecule has 0 amide bonds. The maximum absolute atomic E-state index is 13.4. The molecule has 3 N–H and O–H groups in total. The van der Waals surface area contributed by atoms with Gasteiger partial charge in [-0.3, -0.25) is 4.79 Å². The zero-order valence-electron chi connectivity index (χ0n) is 21.0. The molecule has 5 rings (SSSR count). The van der Waals surface area contributed by atoms with E-state index in [-0.39, 0.29) is 46.5 Å². The Morgan fingerprint density at radius 3 is 2.41 bits per heavy atom. The first-order valence-electron chi connectivity index (χ1n) is 12.1. The minimum atomic E-state index is -1.35. The summed E-state index contributed by atoms with van der Waals surface area (Å²) in [6, 6.07) is 8.86. The third-order valence-corrected chi connectivity index (χ3v) is 7.39. The third-order valence-electron chi connectivity index (χ3n) is 7.39. The van der Waals surface area contributed by atoms with E-state index in [0.717, 1.165) is 16.7 Å². The lowest BCUT2D eigenvalue weighted by atomic mass is 9.87. The average Bonchev–Trinajstić information content (AvgIpc) is 2.86. The lowest BCUT2D eigenvalue weighted by Crippen LogP contribution is -2.47. The average molecular weight is 505 g/mol. The highest BCUT2D eigenvalue weighted by molar-refractivity contribution is 6.03. The monoisotopic (exact) mass is 504 g/mol. The molecule has 0 radical (unpaired) electrons. The molecule has 8 nitrogen and oxygen atoms in total. The van der Waals surface area contributed by atoms with E-state index in [0.29, 0.717) is 29.7 Å². The van der Waals surface area contributed by atoms with E-state index < -0.39 is 17.7 Å². The highest BCUT2D eigenvalue weighted by Gasteiger charge is 2.43. The summed E-state index contributed by atoms with van der Waals surface area (Å²) >= 11 is 0. The van der Waals surface area contributed by atoms with E-state index in [1.165, 1.54) is 24.3 Å². The highest BCUT2D eigenvalue weighted by Crippen LogP contribution is 2.45. The SMILES string of the molecule is Cc1c(C)c2c(c(C)c1O)CCC(C)(C(=O)Oc1cc(O)cc3c1C(=O)CC(c1ccc(O)cc1)O3)O2. The molecule has 2 unspecified atom stereocenters. The van der Waals surface area contributed by atoms with Gasteiger partial charge in [-0.05, 0) is 68.5 Å². The van der Waals surface area contributed by atoms with E-state index in [9.17, 15) is 24.9 Å². The Morgan fingerprint density at radius 1 is 1.00 bits per heavy atom. The molecule has 2 aliphatic heterocycles. The van der Waals surface area contributed by atoms with E-state index in [4.69, 9.17) is 14.2 Å². The van der Waals surface area contributed by atoms with Gasteiger partial charge in [0.05, 0.1) is 6.42 Å². The fourth-order valence-corrected chi connectivity index (χ4v) is 4.96.